The Labute approximate surface area is 374 Å². The Morgan fingerprint density at radius 1 is 0.746 bits per heavy atom. The number of benzene rings is 5. The molecule has 30 nitrogen and oxygen atoms in total. The molecule has 0 aliphatic carbocycles. The van der Waals surface area contributed by atoms with E-state index in [1.165, 1.54) is 0 Å². The molecule has 1 unspecified atom stereocenters. The number of hydrogen-bond acceptors (Lipinski definition) is 24. The van der Waals surface area contributed by atoms with E-state index < -0.39 is 136 Å². The average Bonchev–Trinajstić information content (AvgIpc) is 3.58. The number of carboxylic acid groups (broad SMARTS) is 2. The highest BCUT2D eigenvalue weighted by Crippen LogP contribution is 2.51. The number of carbonyl (C=O) groups excluding carboxylic acids is 1. The minimum Gasteiger partial charge on any atom is -0.505 e. The van der Waals surface area contributed by atoms with E-state index in [2.05, 4.69) is 45.2 Å². The van der Waals surface area contributed by atoms with Crippen LogP contribution in [-0.4, -0.2) is 99.1 Å². The van der Waals surface area contributed by atoms with Crippen LogP contribution in [0.5, 0.6) is 11.5 Å². The van der Waals surface area contributed by atoms with Crippen molar-refractivity contribution < 1.29 is 93.3 Å². The van der Waals surface area contributed by atoms with E-state index in [9.17, 15) is 83.8 Å². The number of fused-ring (bicyclic) bond motifs is 1. The molecule has 0 spiro atoms. The van der Waals surface area contributed by atoms with E-state index in [4.69, 9.17) is 5.26 Å². The van der Waals surface area contributed by atoms with Gasteiger partial charge in [0.25, 0.3) is 41.9 Å². The van der Waals surface area contributed by atoms with Gasteiger partial charge in [-0.2, -0.15) is 50.7 Å². The Bertz CT molecular complexity index is 3420. The lowest BCUT2D eigenvalue weighted by Gasteiger charge is -2.13. The van der Waals surface area contributed by atoms with Crippen LogP contribution in [0.1, 0.15) is 10.4 Å². The zero-order valence-electron chi connectivity index (χ0n) is 32.0. The fraction of sp³-hybridized carbons (Fsp3) is 0.0303. The quantitative estimate of drug-likeness (QED) is 0.0145. The molecule has 5 aromatic carbocycles. The summed E-state index contributed by atoms with van der Waals surface area (Å²) in [5.74, 6) is -7.03. The van der Waals surface area contributed by atoms with Crippen molar-refractivity contribution in [3.63, 3.8) is 0 Å². The summed E-state index contributed by atoms with van der Waals surface area (Å²) in [5.41, 5.74) is -6.27. The van der Waals surface area contributed by atoms with Gasteiger partial charge in [0.1, 0.15) is 32.4 Å². The predicted octanol–water partition coefficient (Wildman–Crippen LogP) is 5.80. The van der Waals surface area contributed by atoms with Crippen LogP contribution in [-0.2, 0) is 49.3 Å². The van der Waals surface area contributed by atoms with Gasteiger partial charge in [-0.1, -0.05) is 5.04 Å². The molecule has 1 atom stereocenters. The number of aliphatic carboxylic acids is 1. The Morgan fingerprint density at radius 3 is 1.94 bits per heavy atom. The minimum atomic E-state index is -5.42. The third-order valence-electron chi connectivity index (χ3n) is 8.63. The zero-order valence-corrected chi connectivity index (χ0v) is 35.3. The normalized spacial score (nSPS) is 14.7. The molecule has 0 saturated carbocycles. The van der Waals surface area contributed by atoms with E-state index in [1.54, 1.807) is 0 Å². The van der Waals surface area contributed by atoms with Crippen LogP contribution in [0.4, 0.5) is 39.8 Å². The fourth-order valence-corrected chi connectivity index (χ4v) is 8.00. The molecular weight excluding hydrogens is 987 g/mol. The van der Waals surface area contributed by atoms with E-state index in [0.717, 1.165) is 60.7 Å². The van der Waals surface area contributed by atoms with Crippen LogP contribution in [0.3, 0.4) is 0 Å². The van der Waals surface area contributed by atoms with Gasteiger partial charge in [0, 0.05) is 6.07 Å². The highest BCUT2D eigenvalue weighted by Gasteiger charge is 2.41. The lowest BCUT2D eigenvalue weighted by Crippen LogP contribution is -2.33. The van der Waals surface area contributed by atoms with Crippen molar-refractivity contribution in [1.82, 2.24) is 0 Å². The van der Waals surface area contributed by atoms with Gasteiger partial charge in [0.15, 0.2) is 17.2 Å². The van der Waals surface area contributed by atoms with Crippen molar-refractivity contribution in [3.05, 3.63) is 88.5 Å². The number of phenolic OH excluding ortho intramolecular Hbond substituents is 2. The molecule has 0 bridgehead atoms. The molecule has 348 valence electrons. The third kappa shape index (κ3) is 10.4. The molecule has 1 aliphatic heterocycles. The number of aromatic carboxylic acids is 1. The Kier molecular flexibility index (Phi) is 13.5. The number of azo groups is 3. The summed E-state index contributed by atoms with van der Waals surface area (Å²) in [4.78, 5) is 43.7. The second kappa shape index (κ2) is 18.6. The van der Waals surface area contributed by atoms with Gasteiger partial charge in [-0.3, -0.25) is 28.6 Å². The number of hydrazone groups is 1. The highest BCUT2D eigenvalue weighted by molar-refractivity contribution is 7.94. The molecule has 1 amide bonds. The van der Waals surface area contributed by atoms with Gasteiger partial charge in [-0.25, -0.2) is 14.8 Å². The highest BCUT2D eigenvalue weighted by atomic mass is 32.2. The molecule has 0 fully saturated rings. The lowest BCUT2D eigenvalue weighted by molar-refractivity contribution is -0.432. The Morgan fingerprint density at radius 2 is 1.36 bits per heavy atom. The molecule has 8 N–H and O–H groups in total. The topological polar surface area (TPSA) is 467 Å². The van der Waals surface area contributed by atoms with Gasteiger partial charge in [0.2, 0.25) is 6.04 Å². The molecule has 67 heavy (non-hydrogen) atoms. The van der Waals surface area contributed by atoms with E-state index in [-0.39, 0.29) is 28.3 Å². The van der Waals surface area contributed by atoms with E-state index in [0.29, 0.717) is 17.1 Å². The van der Waals surface area contributed by atoms with Gasteiger partial charge in [0.05, 0.1) is 49.2 Å². The van der Waals surface area contributed by atoms with Crippen LogP contribution in [0.2, 0.25) is 0 Å². The summed E-state index contributed by atoms with van der Waals surface area (Å²) in [6, 6.07) is 8.08. The number of aromatic hydroxyl groups is 2. The number of nitro groups is 1. The number of phenols is 2. The van der Waals surface area contributed by atoms with Gasteiger partial charge in [-0.05, 0) is 72.1 Å². The SMILES string of the molecule is O=C(O)C1=NN(c2ccc(S(=O)(=O)O)cc2)C(=O)C1N=Nc1ccc(N=Nc2c(S(=O)(=O)O)cc3cc(SOOO)c(N=Nc4ccc([N+](=O)[O-])c(C(=O)O)c4)c(O)c3c2O)c(S(=O)(=O)O)c1. The van der Waals surface area contributed by atoms with Crippen molar-refractivity contribution in [2.24, 2.45) is 35.8 Å². The molecule has 0 radical (unpaired) electrons. The molecule has 5 aromatic rings. The van der Waals surface area contributed by atoms with Crippen LogP contribution in [0.15, 0.2) is 128 Å². The molecule has 1 aliphatic rings. The summed E-state index contributed by atoms with van der Waals surface area (Å²) < 4.78 is 107. The number of nitrogens with zero attached hydrogens (tertiary/aromatic N) is 9. The van der Waals surface area contributed by atoms with Gasteiger partial charge in [-0.15, -0.1) is 19.7 Å². The fourth-order valence-electron chi connectivity index (χ4n) is 5.73. The van der Waals surface area contributed by atoms with Gasteiger partial charge < -0.3 is 20.4 Å². The zero-order chi connectivity index (χ0) is 49.3. The maximum absolute atomic E-state index is 13.2. The number of rotatable bonds is 16. The van der Waals surface area contributed by atoms with Crippen molar-refractivity contribution in [3.8, 4) is 11.5 Å². The minimum absolute atomic E-state index is 0.0992. The molecule has 6 rings (SSSR count). The second-order valence-electron chi connectivity index (χ2n) is 12.8. The first-order valence-corrected chi connectivity index (χ1v) is 22.2. The largest absolute Gasteiger partial charge is 0.505 e. The lowest BCUT2D eigenvalue weighted by atomic mass is 10.1. The van der Waals surface area contributed by atoms with Crippen molar-refractivity contribution in [1.29, 1.82) is 0 Å². The third-order valence-corrected chi connectivity index (χ3v) is 11.9. The van der Waals surface area contributed by atoms with Crippen LogP contribution < -0.4 is 5.01 Å². The number of anilines is 1. The van der Waals surface area contributed by atoms with Gasteiger partial charge >= 0.3 is 11.9 Å². The smallest absolute Gasteiger partial charge is 0.355 e. The number of amides is 1. The first kappa shape index (κ1) is 48.7. The van der Waals surface area contributed by atoms with Crippen LogP contribution >= 0.6 is 12.0 Å². The number of nitro benzene ring substituents is 1. The standard InChI is InChI=1S/C33H21N9O21S4/c43-29-24-13(9-21(64-63-62-52)25(29)37-34-14-2-8-20(42(50)51)18(11-14)32(46)47)10-23(67(59,60)61)26(30(24)44)38-36-19-7-1-15(12-22(19)66(56,57)58)35-39-27-28(33(48)49)40-41(31(27)45)16-3-5-17(6-4-16)65(53,54)55/h1-12,27,43-44,52H,(H,46,47)(H,48,49)(H,53,54,55)(H,56,57,58)(H,59,60,61). The van der Waals surface area contributed by atoms with Crippen molar-refractivity contribution >= 4 is 117 Å². The molecule has 1 heterocycles. The maximum atomic E-state index is 13.2. The molecular formula is C33H21N9O21S4. The van der Waals surface area contributed by atoms with E-state index >= 15 is 0 Å². The number of carbonyl (C=O) groups is 3. The predicted molar refractivity (Wildman–Crippen MR) is 220 cm³/mol. The maximum Gasteiger partial charge on any atom is 0.355 e. The summed E-state index contributed by atoms with van der Waals surface area (Å²) in [6.45, 7) is 0. The second-order valence-corrected chi connectivity index (χ2v) is 17.7. The van der Waals surface area contributed by atoms with E-state index in [1.807, 2.05) is 0 Å². The first-order chi connectivity index (χ1) is 31.3. The molecule has 0 aromatic heterocycles. The average molecular weight is 1010 g/mol. The number of hydrogen-bond donors (Lipinski definition) is 8. The molecule has 34 heteroatoms. The van der Waals surface area contributed by atoms with Crippen LogP contribution in [0.25, 0.3) is 10.8 Å². The summed E-state index contributed by atoms with van der Waals surface area (Å²) >= 11 is 0.0992. The monoisotopic (exact) mass is 1010 g/mol. The summed E-state index contributed by atoms with van der Waals surface area (Å²) in [7, 11) is -15.4. The number of carboxylic acids is 2. The Hall–Kier alpha value is -7.80. The molecule has 0 saturated heterocycles. The van der Waals surface area contributed by atoms with Crippen LogP contribution in [0, 0.1) is 10.1 Å². The first-order valence-electron chi connectivity index (χ1n) is 17.1. The Balaban J connectivity index is 1.41. The summed E-state index contributed by atoms with van der Waals surface area (Å²) in [5, 5.41) is 90.4. The van der Waals surface area contributed by atoms with Crippen molar-refractivity contribution in [2.45, 2.75) is 25.6 Å². The van der Waals surface area contributed by atoms with Crippen molar-refractivity contribution in [2.75, 3.05) is 5.01 Å². The summed E-state index contributed by atoms with van der Waals surface area (Å²) in [6.07, 6.45) is 0.